The van der Waals surface area contributed by atoms with Crippen molar-refractivity contribution in [3.8, 4) is 0 Å². The summed E-state index contributed by atoms with van der Waals surface area (Å²) < 4.78 is 35.5. The Labute approximate surface area is 85.1 Å². The highest BCUT2D eigenvalue weighted by atomic mass is 35.5. The average Bonchev–Trinajstić information content (AvgIpc) is 2.29. The molecule has 0 unspecified atom stereocenters. The predicted molar refractivity (Wildman–Crippen MR) is 44.7 cm³/mol. The van der Waals surface area contributed by atoms with Gasteiger partial charge in [-0.1, -0.05) is 23.2 Å². The molecular weight excluding hydrogens is 248 g/mol. The third-order valence-electron chi connectivity index (χ3n) is 1.13. The van der Waals surface area contributed by atoms with E-state index in [-0.39, 0.29) is 9.36 Å². The highest BCUT2D eigenvalue weighted by Crippen LogP contribution is 2.34. The summed E-state index contributed by atoms with van der Waals surface area (Å²) >= 11 is 11.3. The first kappa shape index (κ1) is 10.8. The second-order valence-electron chi connectivity index (χ2n) is 2.06. The Bertz CT molecular complexity index is 325. The maximum atomic E-state index is 11.8. The first-order valence-electron chi connectivity index (χ1n) is 2.88. The molecule has 0 saturated heterocycles. The van der Waals surface area contributed by atoms with E-state index >= 15 is 0 Å². The van der Waals surface area contributed by atoms with E-state index in [2.05, 4.69) is 0 Å². The molecule has 0 saturated carbocycles. The Morgan fingerprint density at radius 1 is 1.38 bits per heavy atom. The zero-order valence-corrected chi connectivity index (χ0v) is 8.11. The van der Waals surface area contributed by atoms with Crippen LogP contribution in [0.4, 0.5) is 13.2 Å². The minimum Gasteiger partial charge on any atom is -0.283 e. The molecule has 13 heavy (non-hydrogen) atoms. The van der Waals surface area contributed by atoms with Gasteiger partial charge in [-0.25, -0.2) is 0 Å². The number of ketones is 1. The van der Waals surface area contributed by atoms with E-state index in [1.807, 2.05) is 0 Å². The van der Waals surface area contributed by atoms with Crippen molar-refractivity contribution in [3.63, 3.8) is 0 Å². The maximum Gasteiger partial charge on any atom is 0.455 e. The standard InChI is InChI=1S/C6HCl2F3OS/c7-2-1-3(13-5(2)8)4(12)6(9,10)11/h1H. The topological polar surface area (TPSA) is 17.1 Å². The van der Waals surface area contributed by atoms with Crippen molar-refractivity contribution in [3.05, 3.63) is 20.3 Å². The molecule has 0 aliphatic carbocycles. The third-order valence-corrected chi connectivity index (χ3v) is 2.99. The molecule has 1 aromatic heterocycles. The fourth-order valence-electron chi connectivity index (χ4n) is 0.598. The van der Waals surface area contributed by atoms with Gasteiger partial charge >= 0.3 is 6.18 Å². The lowest BCUT2D eigenvalue weighted by molar-refractivity contribution is -0.0882. The van der Waals surface area contributed by atoms with Crippen LogP contribution in [0.5, 0.6) is 0 Å². The van der Waals surface area contributed by atoms with Gasteiger partial charge in [-0.3, -0.25) is 4.79 Å². The van der Waals surface area contributed by atoms with Crippen LogP contribution in [0.25, 0.3) is 0 Å². The van der Waals surface area contributed by atoms with Gasteiger partial charge in [0.05, 0.1) is 9.90 Å². The molecule has 0 atom stereocenters. The first-order valence-corrected chi connectivity index (χ1v) is 4.46. The van der Waals surface area contributed by atoms with Crippen LogP contribution in [0.2, 0.25) is 9.36 Å². The van der Waals surface area contributed by atoms with Gasteiger partial charge < -0.3 is 0 Å². The summed E-state index contributed by atoms with van der Waals surface area (Å²) in [6.45, 7) is 0. The van der Waals surface area contributed by atoms with Gasteiger partial charge in [-0.15, -0.1) is 11.3 Å². The number of carbonyl (C=O) groups excluding carboxylic acids is 1. The maximum absolute atomic E-state index is 11.8. The minimum atomic E-state index is -4.88. The van der Waals surface area contributed by atoms with E-state index in [0.29, 0.717) is 11.3 Å². The number of alkyl halides is 3. The monoisotopic (exact) mass is 248 g/mol. The van der Waals surface area contributed by atoms with Gasteiger partial charge in [0, 0.05) is 0 Å². The van der Waals surface area contributed by atoms with Crippen LogP contribution in [-0.2, 0) is 0 Å². The molecule has 0 fully saturated rings. The number of carbonyl (C=O) groups is 1. The van der Waals surface area contributed by atoms with E-state index < -0.39 is 16.8 Å². The van der Waals surface area contributed by atoms with Gasteiger partial charge in [0.1, 0.15) is 4.34 Å². The summed E-state index contributed by atoms with van der Waals surface area (Å²) in [4.78, 5) is 10.1. The lowest BCUT2D eigenvalue weighted by Gasteiger charge is -2.00. The van der Waals surface area contributed by atoms with Crippen molar-refractivity contribution in [1.82, 2.24) is 0 Å². The van der Waals surface area contributed by atoms with Gasteiger partial charge in [0.2, 0.25) is 0 Å². The Balaban J connectivity index is 3.03. The molecule has 0 aliphatic rings. The fraction of sp³-hybridized carbons (Fsp3) is 0.167. The van der Waals surface area contributed by atoms with Gasteiger partial charge in [0.15, 0.2) is 0 Å². The van der Waals surface area contributed by atoms with Crippen LogP contribution in [-0.4, -0.2) is 12.0 Å². The smallest absolute Gasteiger partial charge is 0.283 e. The largest absolute Gasteiger partial charge is 0.455 e. The molecule has 1 rings (SSSR count). The van der Waals surface area contributed by atoms with Crippen molar-refractivity contribution in [2.45, 2.75) is 6.18 Å². The Morgan fingerprint density at radius 3 is 2.23 bits per heavy atom. The molecule has 0 aromatic carbocycles. The van der Waals surface area contributed by atoms with E-state index in [1.54, 1.807) is 0 Å². The molecule has 1 heterocycles. The van der Waals surface area contributed by atoms with Crippen LogP contribution >= 0.6 is 34.5 Å². The zero-order valence-electron chi connectivity index (χ0n) is 5.78. The molecule has 1 nitrogen and oxygen atoms in total. The molecule has 1 aromatic rings. The van der Waals surface area contributed by atoms with E-state index in [9.17, 15) is 18.0 Å². The zero-order chi connectivity index (χ0) is 10.2. The average molecular weight is 249 g/mol. The van der Waals surface area contributed by atoms with Gasteiger partial charge in [0.25, 0.3) is 5.78 Å². The molecule has 7 heteroatoms. The number of Topliss-reactive ketones (excluding diaryl/α,β-unsaturated/α-hetero) is 1. The number of halogens is 5. The molecular formula is C6HCl2F3OS. The summed E-state index contributed by atoms with van der Waals surface area (Å²) in [6.07, 6.45) is -4.88. The second-order valence-corrected chi connectivity index (χ2v) is 4.12. The summed E-state index contributed by atoms with van der Waals surface area (Å²) in [5.74, 6) is -1.92. The molecule has 0 aliphatic heterocycles. The van der Waals surface area contributed by atoms with E-state index in [0.717, 1.165) is 6.07 Å². The van der Waals surface area contributed by atoms with Crippen LogP contribution < -0.4 is 0 Å². The number of hydrogen-bond donors (Lipinski definition) is 0. The summed E-state index contributed by atoms with van der Waals surface area (Å²) in [6, 6.07) is 0.907. The lowest BCUT2D eigenvalue weighted by Crippen LogP contribution is -2.21. The fourth-order valence-corrected chi connectivity index (χ4v) is 1.93. The summed E-state index contributed by atoms with van der Waals surface area (Å²) in [5.41, 5.74) is 0. The van der Waals surface area contributed by atoms with E-state index in [4.69, 9.17) is 23.2 Å². The lowest BCUT2D eigenvalue weighted by atomic mass is 10.3. The van der Waals surface area contributed by atoms with Crippen LogP contribution in [0.15, 0.2) is 6.07 Å². The summed E-state index contributed by atoms with van der Waals surface area (Å²) in [7, 11) is 0. The number of rotatable bonds is 1. The predicted octanol–water partition coefficient (Wildman–Crippen LogP) is 3.80. The van der Waals surface area contributed by atoms with Crippen LogP contribution in [0.3, 0.4) is 0 Å². The molecule has 0 bridgehead atoms. The van der Waals surface area contributed by atoms with Crippen molar-refractivity contribution in [1.29, 1.82) is 0 Å². The number of thiophene rings is 1. The molecule has 0 N–H and O–H groups in total. The van der Waals surface area contributed by atoms with Gasteiger partial charge in [-0.05, 0) is 6.07 Å². The number of hydrogen-bond acceptors (Lipinski definition) is 2. The first-order chi connectivity index (χ1) is 5.82. The van der Waals surface area contributed by atoms with Crippen molar-refractivity contribution in [2.24, 2.45) is 0 Å². The SMILES string of the molecule is O=C(c1cc(Cl)c(Cl)s1)C(F)(F)F. The normalized spacial score (nSPS) is 11.8. The highest BCUT2D eigenvalue weighted by molar-refractivity contribution is 7.18. The Morgan fingerprint density at radius 2 is 1.92 bits per heavy atom. The Hall–Kier alpha value is -0.260. The van der Waals surface area contributed by atoms with Crippen molar-refractivity contribution < 1.29 is 18.0 Å². The highest BCUT2D eigenvalue weighted by Gasteiger charge is 2.40. The van der Waals surface area contributed by atoms with Gasteiger partial charge in [-0.2, -0.15) is 13.2 Å². The summed E-state index contributed by atoms with van der Waals surface area (Å²) in [5, 5.41) is -0.0423. The molecule has 72 valence electrons. The molecule has 0 radical (unpaired) electrons. The molecule has 0 amide bonds. The quantitative estimate of drug-likeness (QED) is 0.692. The molecule has 0 spiro atoms. The Kier molecular flexibility index (Phi) is 2.89. The van der Waals surface area contributed by atoms with Crippen LogP contribution in [0.1, 0.15) is 9.67 Å². The van der Waals surface area contributed by atoms with Crippen LogP contribution in [0, 0.1) is 0 Å². The second kappa shape index (κ2) is 3.48. The van der Waals surface area contributed by atoms with Crippen molar-refractivity contribution >= 4 is 40.3 Å². The van der Waals surface area contributed by atoms with E-state index in [1.165, 1.54) is 0 Å². The van der Waals surface area contributed by atoms with Crippen molar-refractivity contribution in [2.75, 3.05) is 0 Å². The minimum absolute atomic E-state index is 0.0192. The third kappa shape index (κ3) is 2.36.